The molecule has 0 aliphatic carbocycles. The number of nitrogens with one attached hydrogen (secondary N) is 1. The average Bonchev–Trinajstić information content (AvgIpc) is 3.44. The highest BCUT2D eigenvalue weighted by Crippen LogP contribution is 2.58. The smallest absolute Gasteiger partial charge is 0.238 e. The van der Waals surface area contributed by atoms with E-state index in [4.69, 9.17) is 0 Å². The number of hydrogen-bond acceptors (Lipinski definition) is 4. The largest absolute Gasteiger partial charge is 0.352 e. The third kappa shape index (κ3) is 4.24. The maximum Gasteiger partial charge on any atom is 0.238 e. The normalized spacial score (nSPS) is 23.9. The van der Waals surface area contributed by atoms with Crippen molar-refractivity contribution in [3.05, 3.63) is 101 Å². The number of hydrogen-bond donors (Lipinski definition) is 1. The van der Waals surface area contributed by atoms with E-state index in [0.29, 0.717) is 11.3 Å². The summed E-state index contributed by atoms with van der Waals surface area (Å²) in [6, 6.07) is 20.3. The van der Waals surface area contributed by atoms with Crippen LogP contribution in [0.15, 0.2) is 72.8 Å². The fourth-order valence-corrected chi connectivity index (χ4v) is 7.34. The zero-order chi connectivity index (χ0) is 29.8. The number of amides is 1. The Morgan fingerprint density at radius 1 is 0.976 bits per heavy atom. The molecule has 0 unspecified atom stereocenters. The van der Waals surface area contributed by atoms with Gasteiger partial charge in [-0.05, 0) is 54.7 Å². The number of rotatable bonds is 7. The lowest BCUT2D eigenvalue weighted by Crippen LogP contribution is -2.51. The van der Waals surface area contributed by atoms with Gasteiger partial charge >= 0.3 is 0 Å². The molecule has 216 valence electrons. The number of nitrogens with zero attached hydrogens (tertiary/aromatic N) is 1. The summed E-state index contributed by atoms with van der Waals surface area (Å²) in [5.74, 6) is -1.35. The maximum atomic E-state index is 14.9. The SMILES string of the molecule is CCCCCc1ccc(C(=O)[C@@H]2[C@H](C(=O)C(C)(C)C)N3c4ccc(C)cc4C=C[C@@H]3[C@]23C(=O)Nc2ccccc23)cc1. The minimum atomic E-state index is -1.27. The van der Waals surface area contributed by atoms with Gasteiger partial charge in [0.25, 0.3) is 0 Å². The summed E-state index contributed by atoms with van der Waals surface area (Å²) in [6.45, 7) is 9.94. The average molecular weight is 561 g/mol. The van der Waals surface area contributed by atoms with E-state index in [1.807, 2.05) is 94.4 Å². The fraction of sp³-hybridized carbons (Fsp3) is 0.378. The van der Waals surface area contributed by atoms with Crippen LogP contribution >= 0.6 is 0 Å². The maximum absolute atomic E-state index is 14.9. The van der Waals surface area contributed by atoms with Crippen LogP contribution in [0.5, 0.6) is 0 Å². The number of ketones is 2. The second-order valence-electron chi connectivity index (χ2n) is 13.2. The van der Waals surface area contributed by atoms with Gasteiger partial charge in [0, 0.05) is 22.4 Å². The lowest BCUT2D eigenvalue weighted by Gasteiger charge is -2.38. The molecular formula is C37H40N2O3. The standard InChI is InChI=1S/C37H40N2O3/c1-6-7-8-11-24-15-17-25(18-16-24)33(40)31-32(34(41)36(3,4)5)39-29-20-14-23(2)22-26(29)19-21-30(39)37(31)27-12-9-10-13-28(27)38-35(37)42/h9-10,12-22,30-32H,6-8,11H2,1-5H3,(H,38,42)/t30-,31+,32-,37+/m1/s1. The number of carbonyl (C=O) groups excluding carboxylic acids is 3. The third-order valence-corrected chi connectivity index (χ3v) is 9.39. The van der Waals surface area contributed by atoms with Crippen molar-refractivity contribution in [2.24, 2.45) is 11.3 Å². The summed E-state index contributed by atoms with van der Waals surface area (Å²) >= 11 is 0. The molecule has 1 fully saturated rings. The van der Waals surface area contributed by atoms with Gasteiger partial charge in [0.15, 0.2) is 11.6 Å². The summed E-state index contributed by atoms with van der Waals surface area (Å²) < 4.78 is 0. The molecular weight excluding hydrogens is 520 g/mol. The van der Waals surface area contributed by atoms with Crippen molar-refractivity contribution in [3.63, 3.8) is 0 Å². The molecule has 6 rings (SSSR count). The van der Waals surface area contributed by atoms with E-state index in [1.54, 1.807) is 0 Å². The number of Topliss-reactive ketones (excluding diaryl/α,β-unsaturated/α-hetero) is 2. The number of aryl methyl sites for hydroxylation is 2. The second-order valence-corrected chi connectivity index (χ2v) is 13.2. The molecule has 4 atom stereocenters. The molecule has 1 saturated heterocycles. The zero-order valence-corrected chi connectivity index (χ0v) is 25.2. The van der Waals surface area contributed by atoms with E-state index in [0.717, 1.165) is 41.6 Å². The minimum Gasteiger partial charge on any atom is -0.352 e. The van der Waals surface area contributed by atoms with Crippen molar-refractivity contribution in [2.45, 2.75) is 77.8 Å². The number of anilines is 2. The number of unbranched alkanes of at least 4 members (excludes halogenated alkanes) is 2. The molecule has 5 heteroatoms. The second kappa shape index (κ2) is 10.4. The molecule has 0 radical (unpaired) electrons. The lowest BCUT2D eigenvalue weighted by atomic mass is 9.63. The summed E-state index contributed by atoms with van der Waals surface area (Å²) in [4.78, 5) is 46.0. The Kier molecular flexibility index (Phi) is 6.95. The third-order valence-electron chi connectivity index (χ3n) is 9.39. The first-order chi connectivity index (χ1) is 20.1. The predicted molar refractivity (Wildman–Crippen MR) is 169 cm³/mol. The Balaban J connectivity index is 1.57. The minimum absolute atomic E-state index is 0.0436. The summed E-state index contributed by atoms with van der Waals surface area (Å²) in [5.41, 5.74) is 4.20. The first-order valence-electron chi connectivity index (χ1n) is 15.2. The number of para-hydroxylation sites is 1. The van der Waals surface area contributed by atoms with Gasteiger partial charge in [-0.1, -0.05) is 107 Å². The lowest BCUT2D eigenvalue weighted by molar-refractivity contribution is -0.128. The molecule has 3 aliphatic rings. The van der Waals surface area contributed by atoms with Gasteiger partial charge in [0.2, 0.25) is 5.91 Å². The van der Waals surface area contributed by atoms with Crippen molar-refractivity contribution in [1.29, 1.82) is 0 Å². The molecule has 5 nitrogen and oxygen atoms in total. The number of carbonyl (C=O) groups is 3. The Morgan fingerprint density at radius 3 is 2.43 bits per heavy atom. The van der Waals surface area contributed by atoms with Crippen LogP contribution in [0, 0.1) is 18.3 Å². The molecule has 3 aliphatic heterocycles. The van der Waals surface area contributed by atoms with Crippen LogP contribution in [-0.4, -0.2) is 29.6 Å². The topological polar surface area (TPSA) is 66.5 Å². The van der Waals surface area contributed by atoms with Crippen molar-refractivity contribution >= 4 is 34.9 Å². The van der Waals surface area contributed by atoms with Crippen molar-refractivity contribution in [2.75, 3.05) is 10.2 Å². The van der Waals surface area contributed by atoms with Gasteiger partial charge in [-0.2, -0.15) is 0 Å². The Labute approximate surface area is 249 Å². The van der Waals surface area contributed by atoms with Crippen LogP contribution in [0.2, 0.25) is 0 Å². The summed E-state index contributed by atoms with van der Waals surface area (Å²) in [7, 11) is 0. The van der Waals surface area contributed by atoms with Gasteiger partial charge in [-0.25, -0.2) is 0 Å². The van der Waals surface area contributed by atoms with Gasteiger partial charge in [-0.3, -0.25) is 14.4 Å². The molecule has 3 aromatic carbocycles. The van der Waals surface area contributed by atoms with Crippen LogP contribution in [0.3, 0.4) is 0 Å². The highest BCUT2D eigenvalue weighted by Gasteiger charge is 2.70. The molecule has 0 bridgehead atoms. The monoisotopic (exact) mass is 560 g/mol. The van der Waals surface area contributed by atoms with Crippen molar-refractivity contribution < 1.29 is 14.4 Å². The van der Waals surface area contributed by atoms with E-state index < -0.39 is 28.8 Å². The highest BCUT2D eigenvalue weighted by molar-refractivity contribution is 6.17. The molecule has 1 N–H and O–H groups in total. The van der Waals surface area contributed by atoms with Gasteiger partial charge < -0.3 is 10.2 Å². The molecule has 0 aromatic heterocycles. The molecule has 0 saturated carbocycles. The molecule has 1 spiro atoms. The highest BCUT2D eigenvalue weighted by atomic mass is 16.2. The Morgan fingerprint density at radius 2 is 1.71 bits per heavy atom. The van der Waals surface area contributed by atoms with Crippen LogP contribution in [-0.2, 0) is 21.4 Å². The van der Waals surface area contributed by atoms with Crippen LogP contribution in [0.25, 0.3) is 6.08 Å². The van der Waals surface area contributed by atoms with E-state index in [1.165, 1.54) is 12.0 Å². The summed E-state index contributed by atoms with van der Waals surface area (Å²) in [6.07, 6.45) is 8.49. The summed E-state index contributed by atoms with van der Waals surface area (Å²) in [5, 5.41) is 3.11. The van der Waals surface area contributed by atoms with Crippen molar-refractivity contribution in [3.8, 4) is 0 Å². The fourth-order valence-electron chi connectivity index (χ4n) is 7.34. The quantitative estimate of drug-likeness (QED) is 0.243. The van der Waals surface area contributed by atoms with Gasteiger partial charge in [0.05, 0.1) is 12.0 Å². The number of fused-ring (bicyclic) bond motifs is 6. The van der Waals surface area contributed by atoms with Crippen LogP contribution in [0.1, 0.15) is 79.6 Å². The molecule has 3 heterocycles. The van der Waals surface area contributed by atoms with E-state index in [2.05, 4.69) is 29.3 Å². The zero-order valence-electron chi connectivity index (χ0n) is 25.2. The van der Waals surface area contributed by atoms with Crippen LogP contribution in [0.4, 0.5) is 11.4 Å². The predicted octanol–water partition coefficient (Wildman–Crippen LogP) is 7.32. The molecule has 3 aromatic rings. The van der Waals surface area contributed by atoms with Gasteiger partial charge in [0.1, 0.15) is 11.5 Å². The van der Waals surface area contributed by atoms with E-state index in [-0.39, 0.29) is 17.5 Å². The first-order valence-corrected chi connectivity index (χ1v) is 15.2. The van der Waals surface area contributed by atoms with E-state index in [9.17, 15) is 14.4 Å². The molecule has 42 heavy (non-hydrogen) atoms. The Hall–Kier alpha value is -3.99. The van der Waals surface area contributed by atoms with Gasteiger partial charge in [-0.15, -0.1) is 0 Å². The van der Waals surface area contributed by atoms with Crippen molar-refractivity contribution in [1.82, 2.24) is 0 Å². The Bertz CT molecular complexity index is 1600. The molecule has 1 amide bonds. The first kappa shape index (κ1) is 28.1. The number of benzene rings is 3. The van der Waals surface area contributed by atoms with E-state index >= 15 is 0 Å². The van der Waals surface area contributed by atoms with Crippen LogP contribution < -0.4 is 10.2 Å².